The largest absolute Gasteiger partial charge is 0.489 e. The summed E-state index contributed by atoms with van der Waals surface area (Å²) in [5.41, 5.74) is 1.61. The minimum atomic E-state index is -0.635. The van der Waals surface area contributed by atoms with Gasteiger partial charge < -0.3 is 13.9 Å². The van der Waals surface area contributed by atoms with Gasteiger partial charge in [-0.25, -0.2) is 4.79 Å². The third-order valence-corrected chi connectivity index (χ3v) is 6.45. The molecule has 0 unspecified atom stereocenters. The molecule has 2 amide bonds. The van der Waals surface area contributed by atoms with Gasteiger partial charge in [-0.1, -0.05) is 41.4 Å². The zero-order valence-corrected chi connectivity index (χ0v) is 20.1. The van der Waals surface area contributed by atoms with Gasteiger partial charge in [0.25, 0.3) is 11.1 Å². The molecule has 1 fully saturated rings. The zero-order valence-electron chi connectivity index (χ0n) is 17.7. The Bertz CT molecular complexity index is 1280. The molecule has 34 heavy (non-hydrogen) atoms. The van der Waals surface area contributed by atoms with E-state index in [0.29, 0.717) is 28.2 Å². The number of imide groups is 1. The molecule has 1 saturated heterocycles. The van der Waals surface area contributed by atoms with Crippen LogP contribution in [-0.4, -0.2) is 29.1 Å². The van der Waals surface area contributed by atoms with Crippen LogP contribution in [0.5, 0.6) is 5.75 Å². The van der Waals surface area contributed by atoms with E-state index in [9.17, 15) is 14.4 Å². The van der Waals surface area contributed by atoms with Crippen molar-refractivity contribution in [3.05, 3.63) is 92.2 Å². The van der Waals surface area contributed by atoms with E-state index in [2.05, 4.69) is 4.74 Å². The standard InChI is InChI=1S/C24H17Cl2NO6S/c1-31-23(29)20-9-7-17(33-20)12-27-22(28)21(34-24(27)30)11-14-2-5-16(6-3-14)32-13-15-4-8-18(25)19(26)10-15/h2-11H,12-13H2,1H3/b21-11+. The van der Waals surface area contributed by atoms with E-state index in [0.717, 1.165) is 27.8 Å². The lowest BCUT2D eigenvalue weighted by molar-refractivity contribution is -0.123. The molecule has 3 aromatic rings. The fraction of sp³-hybridized carbons (Fsp3) is 0.125. The number of ether oxygens (including phenoxy) is 2. The molecule has 1 aliphatic rings. The Balaban J connectivity index is 1.39. The molecule has 174 valence electrons. The van der Waals surface area contributed by atoms with Gasteiger partial charge in [0.2, 0.25) is 5.76 Å². The van der Waals surface area contributed by atoms with Gasteiger partial charge in [-0.15, -0.1) is 0 Å². The molecule has 0 spiro atoms. The third-order valence-electron chi connectivity index (χ3n) is 4.80. The van der Waals surface area contributed by atoms with Gasteiger partial charge in [0.1, 0.15) is 18.1 Å². The second kappa shape index (κ2) is 10.4. The lowest BCUT2D eigenvalue weighted by Crippen LogP contribution is -2.27. The summed E-state index contributed by atoms with van der Waals surface area (Å²) in [6.07, 6.45) is 1.63. The van der Waals surface area contributed by atoms with Crippen LogP contribution in [0.1, 0.15) is 27.4 Å². The summed E-state index contributed by atoms with van der Waals surface area (Å²) in [5.74, 6) is -0.139. The second-order valence-corrected chi connectivity index (χ2v) is 8.94. The molecular formula is C24H17Cl2NO6S. The number of thioether (sulfide) groups is 1. The summed E-state index contributed by atoms with van der Waals surface area (Å²) in [6, 6.07) is 15.3. The Kier molecular flexibility index (Phi) is 7.31. The van der Waals surface area contributed by atoms with Crippen molar-refractivity contribution in [3.8, 4) is 5.75 Å². The van der Waals surface area contributed by atoms with Crippen LogP contribution in [0, 0.1) is 0 Å². The predicted octanol–water partition coefficient (Wildman–Crippen LogP) is 6.19. The Morgan fingerprint density at radius 3 is 2.53 bits per heavy atom. The van der Waals surface area contributed by atoms with Crippen molar-refractivity contribution in [1.82, 2.24) is 4.90 Å². The molecule has 2 aromatic carbocycles. The Morgan fingerprint density at radius 2 is 1.82 bits per heavy atom. The van der Waals surface area contributed by atoms with Gasteiger partial charge in [0.15, 0.2) is 0 Å². The van der Waals surface area contributed by atoms with Crippen molar-refractivity contribution in [2.75, 3.05) is 7.11 Å². The highest BCUT2D eigenvalue weighted by molar-refractivity contribution is 8.18. The topological polar surface area (TPSA) is 86.0 Å². The van der Waals surface area contributed by atoms with Crippen molar-refractivity contribution < 1.29 is 28.3 Å². The first-order valence-electron chi connectivity index (χ1n) is 9.93. The van der Waals surface area contributed by atoms with Gasteiger partial charge in [0, 0.05) is 0 Å². The molecule has 1 aliphatic heterocycles. The number of methoxy groups -OCH3 is 1. The predicted molar refractivity (Wildman–Crippen MR) is 129 cm³/mol. The second-order valence-electron chi connectivity index (χ2n) is 7.13. The number of hydrogen-bond donors (Lipinski definition) is 0. The summed E-state index contributed by atoms with van der Waals surface area (Å²) in [4.78, 5) is 38.0. The molecule has 0 saturated carbocycles. The van der Waals surface area contributed by atoms with E-state index in [-0.39, 0.29) is 17.2 Å². The third kappa shape index (κ3) is 5.47. The van der Waals surface area contributed by atoms with Crippen LogP contribution in [0.15, 0.2) is 63.9 Å². The fourth-order valence-electron chi connectivity index (χ4n) is 3.07. The normalized spacial score (nSPS) is 14.7. The van der Waals surface area contributed by atoms with E-state index in [1.165, 1.54) is 19.2 Å². The molecule has 0 aliphatic carbocycles. The summed E-state index contributed by atoms with van der Waals surface area (Å²) in [5, 5.41) is 0.520. The number of halogens is 2. The highest BCUT2D eigenvalue weighted by atomic mass is 35.5. The van der Waals surface area contributed by atoms with Crippen molar-refractivity contribution in [2.24, 2.45) is 0 Å². The van der Waals surface area contributed by atoms with Crippen molar-refractivity contribution in [1.29, 1.82) is 0 Å². The number of hydrogen-bond acceptors (Lipinski definition) is 7. The van der Waals surface area contributed by atoms with Crippen LogP contribution in [0.25, 0.3) is 6.08 Å². The highest BCUT2D eigenvalue weighted by Crippen LogP contribution is 2.34. The summed E-state index contributed by atoms with van der Waals surface area (Å²) >= 11 is 12.8. The van der Waals surface area contributed by atoms with Crippen molar-refractivity contribution >= 4 is 58.2 Å². The molecular weight excluding hydrogens is 501 g/mol. The Labute approximate surface area is 209 Å². The quantitative estimate of drug-likeness (QED) is 0.272. The number of carbonyl (C=O) groups excluding carboxylic acids is 3. The molecule has 0 bridgehead atoms. The maximum Gasteiger partial charge on any atom is 0.373 e. The first-order chi connectivity index (χ1) is 16.3. The molecule has 7 nitrogen and oxygen atoms in total. The highest BCUT2D eigenvalue weighted by Gasteiger charge is 2.35. The Hall–Kier alpha value is -3.20. The van der Waals surface area contributed by atoms with Gasteiger partial charge in [-0.2, -0.15) is 0 Å². The number of esters is 1. The first-order valence-corrected chi connectivity index (χ1v) is 11.5. The molecule has 10 heteroatoms. The van der Waals surface area contributed by atoms with Crippen LogP contribution >= 0.6 is 35.0 Å². The summed E-state index contributed by atoms with van der Waals surface area (Å²) < 4.78 is 15.7. The number of carbonyl (C=O) groups is 3. The lowest BCUT2D eigenvalue weighted by atomic mass is 10.2. The van der Waals surface area contributed by atoms with Gasteiger partial charge >= 0.3 is 5.97 Å². The molecule has 0 N–H and O–H groups in total. The van der Waals surface area contributed by atoms with E-state index in [1.807, 2.05) is 6.07 Å². The van der Waals surface area contributed by atoms with Crippen LogP contribution in [0.3, 0.4) is 0 Å². The molecule has 2 heterocycles. The molecule has 0 radical (unpaired) electrons. The van der Waals surface area contributed by atoms with Crippen molar-refractivity contribution in [3.63, 3.8) is 0 Å². The molecule has 4 rings (SSSR count). The van der Waals surface area contributed by atoms with Crippen LogP contribution in [0.4, 0.5) is 4.79 Å². The minimum absolute atomic E-state index is 0.00137. The van der Waals surface area contributed by atoms with Gasteiger partial charge in [0.05, 0.1) is 28.6 Å². The van der Waals surface area contributed by atoms with Gasteiger partial charge in [-0.05, 0) is 65.4 Å². The zero-order chi connectivity index (χ0) is 24.2. The number of amides is 2. The number of furan rings is 1. The number of rotatable bonds is 7. The fourth-order valence-corrected chi connectivity index (χ4v) is 4.23. The summed E-state index contributed by atoms with van der Waals surface area (Å²) in [7, 11) is 1.24. The van der Waals surface area contributed by atoms with Crippen molar-refractivity contribution in [2.45, 2.75) is 13.2 Å². The summed E-state index contributed by atoms with van der Waals surface area (Å²) in [6.45, 7) is 0.236. The van der Waals surface area contributed by atoms with Gasteiger partial charge in [-0.3, -0.25) is 14.5 Å². The van der Waals surface area contributed by atoms with E-state index in [4.69, 9.17) is 32.4 Å². The first kappa shape index (κ1) is 23.9. The maximum atomic E-state index is 12.7. The SMILES string of the molecule is COC(=O)c1ccc(CN2C(=O)S/C(=C/c3ccc(OCc4ccc(Cl)c(Cl)c4)cc3)C2=O)o1. The maximum absolute atomic E-state index is 12.7. The Morgan fingerprint density at radius 1 is 1.06 bits per heavy atom. The minimum Gasteiger partial charge on any atom is -0.489 e. The average molecular weight is 518 g/mol. The molecule has 0 atom stereocenters. The lowest BCUT2D eigenvalue weighted by Gasteiger charge is -2.10. The number of benzene rings is 2. The smallest absolute Gasteiger partial charge is 0.373 e. The van der Waals surface area contributed by atoms with Crippen LogP contribution in [0.2, 0.25) is 10.0 Å². The average Bonchev–Trinajstić information content (AvgIpc) is 3.41. The van der Waals surface area contributed by atoms with Crippen LogP contribution < -0.4 is 4.74 Å². The van der Waals surface area contributed by atoms with E-state index < -0.39 is 17.1 Å². The number of nitrogens with zero attached hydrogens (tertiary/aromatic N) is 1. The van der Waals surface area contributed by atoms with E-state index >= 15 is 0 Å². The van der Waals surface area contributed by atoms with Crippen LogP contribution in [-0.2, 0) is 22.7 Å². The molecule has 1 aromatic heterocycles. The monoisotopic (exact) mass is 517 g/mol. The van der Waals surface area contributed by atoms with E-state index in [1.54, 1.807) is 42.5 Å².